The Bertz CT molecular complexity index is 672. The predicted octanol–water partition coefficient (Wildman–Crippen LogP) is 2.85. The van der Waals surface area contributed by atoms with Gasteiger partial charge in [0.15, 0.2) is 0 Å². The first-order valence-electron chi connectivity index (χ1n) is 9.66. The molecule has 0 atom stereocenters. The van der Waals surface area contributed by atoms with Crippen molar-refractivity contribution in [3.63, 3.8) is 0 Å². The largest absolute Gasteiger partial charge is 0.354 e. The maximum absolute atomic E-state index is 12.1. The summed E-state index contributed by atoms with van der Waals surface area (Å²) in [6, 6.07) is 21.0. The van der Waals surface area contributed by atoms with Gasteiger partial charge in [0, 0.05) is 50.8 Å². The third-order valence-electron chi connectivity index (χ3n) is 4.76. The number of carbonyl (C=O) groups excluding carboxylic acids is 1. The molecule has 2 aromatic carbocycles. The zero-order valence-corrected chi connectivity index (χ0v) is 16.7. The first-order chi connectivity index (χ1) is 13.3. The topological polar surface area (TPSA) is 35.6 Å². The Morgan fingerprint density at radius 3 is 2.11 bits per heavy atom. The summed E-state index contributed by atoms with van der Waals surface area (Å²) in [5.74, 6) is 2.10. The molecule has 1 aliphatic heterocycles. The van der Waals surface area contributed by atoms with E-state index in [0.29, 0.717) is 6.54 Å². The van der Waals surface area contributed by atoms with Crippen LogP contribution in [0.15, 0.2) is 60.7 Å². The molecule has 5 heteroatoms. The van der Waals surface area contributed by atoms with Crippen LogP contribution in [0.1, 0.15) is 11.1 Å². The highest BCUT2D eigenvalue weighted by Gasteiger charge is 2.18. The molecule has 27 heavy (non-hydrogen) atoms. The van der Waals surface area contributed by atoms with Crippen LogP contribution in [-0.2, 0) is 17.1 Å². The molecule has 1 saturated heterocycles. The third-order valence-corrected chi connectivity index (χ3v) is 5.79. The second kappa shape index (κ2) is 11.1. The second-order valence-corrected chi connectivity index (χ2v) is 8.03. The molecule has 1 aliphatic rings. The summed E-state index contributed by atoms with van der Waals surface area (Å²) >= 11 is 1.86. The molecule has 144 valence electrons. The van der Waals surface area contributed by atoms with Crippen LogP contribution in [-0.4, -0.2) is 60.7 Å². The lowest BCUT2D eigenvalue weighted by Crippen LogP contribution is -2.49. The minimum atomic E-state index is 0.145. The normalized spacial score (nSPS) is 15.6. The van der Waals surface area contributed by atoms with Gasteiger partial charge in [-0.2, -0.15) is 11.8 Å². The lowest BCUT2D eigenvalue weighted by Gasteiger charge is -2.34. The summed E-state index contributed by atoms with van der Waals surface area (Å²) in [5, 5.41) is 3.05. The van der Waals surface area contributed by atoms with Gasteiger partial charge in [-0.3, -0.25) is 14.6 Å². The molecular formula is C22H29N3OS. The Balaban J connectivity index is 1.25. The van der Waals surface area contributed by atoms with E-state index in [-0.39, 0.29) is 5.91 Å². The second-order valence-electron chi connectivity index (χ2n) is 6.93. The van der Waals surface area contributed by atoms with Crippen molar-refractivity contribution in [3.05, 3.63) is 71.8 Å². The van der Waals surface area contributed by atoms with Gasteiger partial charge in [0.25, 0.3) is 0 Å². The molecule has 0 saturated carbocycles. The lowest BCUT2D eigenvalue weighted by molar-refractivity contribution is -0.122. The summed E-state index contributed by atoms with van der Waals surface area (Å²) in [5.41, 5.74) is 2.69. The van der Waals surface area contributed by atoms with Crippen molar-refractivity contribution in [2.24, 2.45) is 0 Å². The van der Waals surface area contributed by atoms with E-state index in [1.165, 1.54) is 11.1 Å². The van der Waals surface area contributed by atoms with Crippen molar-refractivity contribution >= 4 is 17.7 Å². The van der Waals surface area contributed by atoms with Gasteiger partial charge < -0.3 is 5.32 Å². The Morgan fingerprint density at radius 1 is 0.852 bits per heavy atom. The van der Waals surface area contributed by atoms with E-state index in [0.717, 1.165) is 50.8 Å². The fourth-order valence-corrected chi connectivity index (χ4v) is 4.05. The first-order valence-corrected chi connectivity index (χ1v) is 10.8. The van der Waals surface area contributed by atoms with Gasteiger partial charge in [-0.05, 0) is 11.1 Å². The van der Waals surface area contributed by atoms with E-state index < -0.39 is 0 Å². The number of rotatable bonds is 9. The van der Waals surface area contributed by atoms with Gasteiger partial charge in [0.2, 0.25) is 5.91 Å². The number of nitrogens with zero attached hydrogens (tertiary/aromatic N) is 2. The molecule has 0 spiro atoms. The van der Waals surface area contributed by atoms with Crippen LogP contribution >= 0.6 is 11.8 Å². The standard InChI is InChI=1S/C22H29N3OS/c26-22(23-11-16-27-19-21-9-5-2-6-10-21)18-25-14-12-24(13-15-25)17-20-7-3-1-4-8-20/h1-10H,11-19H2,(H,23,26). The number of thioether (sulfide) groups is 1. The summed E-state index contributed by atoms with van der Waals surface area (Å²) in [6.07, 6.45) is 0. The summed E-state index contributed by atoms with van der Waals surface area (Å²) in [7, 11) is 0. The highest BCUT2D eigenvalue weighted by Crippen LogP contribution is 2.11. The quantitative estimate of drug-likeness (QED) is 0.676. The molecule has 0 aliphatic carbocycles. The van der Waals surface area contributed by atoms with Crippen LogP contribution in [0.5, 0.6) is 0 Å². The molecule has 1 heterocycles. The number of hydrogen-bond donors (Lipinski definition) is 1. The molecule has 4 nitrogen and oxygen atoms in total. The van der Waals surface area contributed by atoms with Gasteiger partial charge in [-0.25, -0.2) is 0 Å². The molecule has 3 rings (SSSR count). The molecule has 1 fully saturated rings. The van der Waals surface area contributed by atoms with Gasteiger partial charge >= 0.3 is 0 Å². The number of carbonyl (C=O) groups is 1. The predicted molar refractivity (Wildman–Crippen MR) is 114 cm³/mol. The summed E-state index contributed by atoms with van der Waals surface area (Å²) < 4.78 is 0. The van der Waals surface area contributed by atoms with Gasteiger partial charge in [-0.15, -0.1) is 0 Å². The zero-order valence-electron chi connectivity index (χ0n) is 15.8. The minimum Gasteiger partial charge on any atom is -0.354 e. The maximum Gasteiger partial charge on any atom is 0.234 e. The number of benzene rings is 2. The molecule has 1 amide bonds. The highest BCUT2D eigenvalue weighted by molar-refractivity contribution is 7.98. The Morgan fingerprint density at radius 2 is 1.44 bits per heavy atom. The molecule has 0 unspecified atom stereocenters. The van der Waals surface area contributed by atoms with Gasteiger partial charge in [0.1, 0.15) is 0 Å². The van der Waals surface area contributed by atoms with Crippen molar-refractivity contribution in [1.29, 1.82) is 0 Å². The lowest BCUT2D eigenvalue weighted by atomic mass is 10.2. The summed E-state index contributed by atoms with van der Waals surface area (Å²) in [6.45, 7) is 6.22. The molecular weight excluding hydrogens is 354 g/mol. The smallest absolute Gasteiger partial charge is 0.234 e. The van der Waals surface area contributed by atoms with E-state index in [4.69, 9.17) is 0 Å². The fourth-order valence-electron chi connectivity index (χ4n) is 3.23. The Hall–Kier alpha value is -1.82. The van der Waals surface area contributed by atoms with E-state index in [1.54, 1.807) is 0 Å². The highest BCUT2D eigenvalue weighted by atomic mass is 32.2. The number of amides is 1. The summed E-state index contributed by atoms with van der Waals surface area (Å²) in [4.78, 5) is 16.9. The van der Waals surface area contributed by atoms with Gasteiger partial charge in [0.05, 0.1) is 6.54 Å². The molecule has 0 radical (unpaired) electrons. The third kappa shape index (κ3) is 7.37. The number of piperazine rings is 1. The first kappa shape index (κ1) is 19.9. The van der Waals surface area contributed by atoms with Crippen molar-refractivity contribution in [1.82, 2.24) is 15.1 Å². The van der Waals surface area contributed by atoms with Crippen LogP contribution in [0.4, 0.5) is 0 Å². The van der Waals surface area contributed by atoms with Crippen LogP contribution < -0.4 is 5.32 Å². The van der Waals surface area contributed by atoms with Gasteiger partial charge in [-0.1, -0.05) is 60.7 Å². The van der Waals surface area contributed by atoms with E-state index in [9.17, 15) is 4.79 Å². The van der Waals surface area contributed by atoms with Crippen LogP contribution in [0.2, 0.25) is 0 Å². The maximum atomic E-state index is 12.1. The average molecular weight is 384 g/mol. The SMILES string of the molecule is O=C(CN1CCN(Cc2ccccc2)CC1)NCCSCc1ccccc1. The Kier molecular flexibility index (Phi) is 8.21. The van der Waals surface area contributed by atoms with Crippen LogP contribution in [0.25, 0.3) is 0 Å². The Labute approximate surface area is 166 Å². The van der Waals surface area contributed by atoms with Crippen LogP contribution in [0.3, 0.4) is 0 Å². The van der Waals surface area contributed by atoms with Crippen molar-refractivity contribution in [3.8, 4) is 0 Å². The van der Waals surface area contributed by atoms with Crippen LogP contribution in [0, 0.1) is 0 Å². The van der Waals surface area contributed by atoms with E-state index in [2.05, 4.69) is 69.7 Å². The molecule has 0 bridgehead atoms. The molecule has 2 aromatic rings. The monoisotopic (exact) mass is 383 g/mol. The number of hydrogen-bond acceptors (Lipinski definition) is 4. The average Bonchev–Trinajstić information content (AvgIpc) is 2.71. The molecule has 1 N–H and O–H groups in total. The zero-order chi connectivity index (χ0) is 18.7. The minimum absolute atomic E-state index is 0.145. The van der Waals surface area contributed by atoms with E-state index in [1.807, 2.05) is 17.8 Å². The number of nitrogens with one attached hydrogen (secondary N) is 1. The van der Waals surface area contributed by atoms with Crippen molar-refractivity contribution < 1.29 is 4.79 Å². The van der Waals surface area contributed by atoms with Crippen molar-refractivity contribution in [2.75, 3.05) is 45.0 Å². The molecule has 0 aromatic heterocycles. The van der Waals surface area contributed by atoms with E-state index >= 15 is 0 Å². The fraction of sp³-hybridized carbons (Fsp3) is 0.409. The van der Waals surface area contributed by atoms with Crippen molar-refractivity contribution in [2.45, 2.75) is 12.3 Å².